The molecule has 0 saturated carbocycles. The number of piperidine rings is 1. The van der Waals surface area contributed by atoms with Gasteiger partial charge in [-0.1, -0.05) is 6.92 Å². The zero-order valence-electron chi connectivity index (χ0n) is 12.1. The van der Waals surface area contributed by atoms with Gasteiger partial charge in [0.05, 0.1) is 0 Å². The van der Waals surface area contributed by atoms with E-state index in [0.717, 1.165) is 45.7 Å². The zero-order chi connectivity index (χ0) is 13.8. The van der Waals surface area contributed by atoms with Crippen LogP contribution in [0.15, 0.2) is 0 Å². The van der Waals surface area contributed by atoms with Crippen LogP contribution < -0.4 is 0 Å². The minimum Gasteiger partial charge on any atom is -0.342 e. The van der Waals surface area contributed by atoms with Crippen molar-refractivity contribution in [3.8, 4) is 0 Å². The van der Waals surface area contributed by atoms with Crippen LogP contribution in [-0.2, 0) is 9.59 Å². The Hall–Kier alpha value is -1.10. The minimum absolute atomic E-state index is 0.00340. The number of amides is 2. The van der Waals surface area contributed by atoms with E-state index in [1.54, 1.807) is 0 Å². The average Bonchev–Trinajstić information content (AvgIpc) is 2.39. The summed E-state index contributed by atoms with van der Waals surface area (Å²) in [6.07, 6.45) is 2.31. The van der Waals surface area contributed by atoms with E-state index in [4.69, 9.17) is 0 Å². The molecular formula is C14H25N3O2. The lowest BCUT2D eigenvalue weighted by Gasteiger charge is -2.34. The molecule has 2 fully saturated rings. The third kappa shape index (κ3) is 3.93. The fourth-order valence-electron chi connectivity index (χ4n) is 2.82. The molecule has 2 aliphatic rings. The van der Waals surface area contributed by atoms with Crippen LogP contribution >= 0.6 is 0 Å². The van der Waals surface area contributed by atoms with Gasteiger partial charge in [0.2, 0.25) is 11.8 Å². The Morgan fingerprint density at radius 3 is 2.26 bits per heavy atom. The molecular weight excluding hydrogens is 242 g/mol. The fraction of sp³-hybridized carbons (Fsp3) is 0.857. The molecule has 1 atom stereocenters. The Bertz CT molecular complexity index is 338. The number of nitrogens with zero attached hydrogens (tertiary/aromatic N) is 3. The molecule has 19 heavy (non-hydrogen) atoms. The maximum absolute atomic E-state index is 12.1. The first-order valence-electron chi connectivity index (χ1n) is 7.30. The van der Waals surface area contributed by atoms with E-state index in [2.05, 4.69) is 18.9 Å². The largest absolute Gasteiger partial charge is 0.342 e. The van der Waals surface area contributed by atoms with Crippen molar-refractivity contribution < 1.29 is 9.59 Å². The van der Waals surface area contributed by atoms with Crippen molar-refractivity contribution in [2.45, 2.75) is 26.2 Å². The van der Waals surface area contributed by atoms with Crippen LogP contribution in [0.1, 0.15) is 26.2 Å². The van der Waals surface area contributed by atoms with Crippen molar-refractivity contribution in [3.05, 3.63) is 0 Å². The molecule has 2 rings (SSSR count). The topological polar surface area (TPSA) is 43.9 Å². The molecule has 0 aromatic rings. The minimum atomic E-state index is -0.00340. The SMILES string of the molecule is CC1CCCN(C(=O)CC(=O)N2CCN(C)CC2)C1. The van der Waals surface area contributed by atoms with Gasteiger partial charge >= 0.3 is 0 Å². The van der Waals surface area contributed by atoms with Crippen molar-refractivity contribution >= 4 is 11.8 Å². The Morgan fingerprint density at radius 1 is 1.00 bits per heavy atom. The van der Waals surface area contributed by atoms with Crippen LogP contribution in [0.2, 0.25) is 0 Å². The summed E-state index contributed by atoms with van der Waals surface area (Å²) < 4.78 is 0. The predicted octanol–water partition coefficient (Wildman–Crippen LogP) is 0.409. The highest BCUT2D eigenvalue weighted by Gasteiger charge is 2.26. The number of likely N-dealkylation sites (tertiary alicyclic amines) is 1. The Kier molecular flexibility index (Phi) is 4.80. The molecule has 2 saturated heterocycles. The lowest BCUT2D eigenvalue weighted by atomic mass is 10.00. The van der Waals surface area contributed by atoms with E-state index in [1.165, 1.54) is 6.42 Å². The molecule has 0 bridgehead atoms. The number of hydrogen-bond acceptors (Lipinski definition) is 3. The summed E-state index contributed by atoms with van der Waals surface area (Å²) >= 11 is 0. The second kappa shape index (κ2) is 6.37. The van der Waals surface area contributed by atoms with E-state index in [-0.39, 0.29) is 18.2 Å². The van der Waals surface area contributed by atoms with Crippen molar-refractivity contribution in [2.24, 2.45) is 5.92 Å². The fourth-order valence-corrected chi connectivity index (χ4v) is 2.82. The van der Waals surface area contributed by atoms with Gasteiger partial charge < -0.3 is 14.7 Å². The summed E-state index contributed by atoms with van der Waals surface area (Å²) in [6.45, 7) is 7.11. The number of likely N-dealkylation sites (N-methyl/N-ethyl adjacent to an activating group) is 1. The summed E-state index contributed by atoms with van der Waals surface area (Å²) in [5.74, 6) is 0.572. The summed E-state index contributed by atoms with van der Waals surface area (Å²) in [5.41, 5.74) is 0. The van der Waals surface area contributed by atoms with Crippen LogP contribution in [0.25, 0.3) is 0 Å². The van der Waals surface area contributed by atoms with Gasteiger partial charge in [-0.2, -0.15) is 0 Å². The number of hydrogen-bond donors (Lipinski definition) is 0. The first-order chi connectivity index (χ1) is 9.06. The second-order valence-corrected chi connectivity index (χ2v) is 5.95. The van der Waals surface area contributed by atoms with Crippen molar-refractivity contribution in [1.29, 1.82) is 0 Å². The summed E-state index contributed by atoms with van der Waals surface area (Å²) in [5, 5.41) is 0. The first kappa shape index (κ1) is 14.3. The van der Waals surface area contributed by atoms with E-state index in [0.29, 0.717) is 5.92 Å². The highest BCUT2D eigenvalue weighted by molar-refractivity contribution is 5.97. The number of piperazine rings is 1. The molecule has 2 aliphatic heterocycles. The number of carbonyl (C=O) groups is 2. The van der Waals surface area contributed by atoms with E-state index in [9.17, 15) is 9.59 Å². The zero-order valence-corrected chi connectivity index (χ0v) is 12.1. The Morgan fingerprint density at radius 2 is 1.63 bits per heavy atom. The van der Waals surface area contributed by atoms with Crippen LogP contribution in [0.3, 0.4) is 0 Å². The summed E-state index contributed by atoms with van der Waals surface area (Å²) in [6, 6.07) is 0. The summed E-state index contributed by atoms with van der Waals surface area (Å²) in [4.78, 5) is 30.1. The molecule has 0 radical (unpaired) electrons. The van der Waals surface area contributed by atoms with Crippen molar-refractivity contribution in [2.75, 3.05) is 46.3 Å². The quantitative estimate of drug-likeness (QED) is 0.681. The first-order valence-corrected chi connectivity index (χ1v) is 7.30. The maximum Gasteiger partial charge on any atom is 0.232 e. The molecule has 5 nitrogen and oxygen atoms in total. The molecule has 1 unspecified atom stereocenters. The summed E-state index contributed by atoms with van der Waals surface area (Å²) in [7, 11) is 2.06. The third-order valence-corrected chi connectivity index (χ3v) is 4.17. The van der Waals surface area contributed by atoms with Crippen LogP contribution in [0.4, 0.5) is 0 Å². The molecule has 5 heteroatoms. The Labute approximate surface area is 115 Å². The molecule has 0 spiro atoms. The Balaban J connectivity index is 1.79. The smallest absolute Gasteiger partial charge is 0.232 e. The lowest BCUT2D eigenvalue weighted by molar-refractivity contribution is -0.142. The molecule has 0 aliphatic carbocycles. The van der Waals surface area contributed by atoms with Gasteiger partial charge in [-0.15, -0.1) is 0 Å². The van der Waals surface area contributed by atoms with Crippen LogP contribution in [0.5, 0.6) is 0 Å². The standard InChI is InChI=1S/C14H25N3O2/c1-12-4-3-5-17(11-12)14(19)10-13(18)16-8-6-15(2)7-9-16/h12H,3-11H2,1-2H3. The molecule has 0 aromatic heterocycles. The van der Waals surface area contributed by atoms with Gasteiger partial charge in [-0.25, -0.2) is 0 Å². The molecule has 108 valence electrons. The lowest BCUT2D eigenvalue weighted by Crippen LogP contribution is -2.49. The predicted molar refractivity (Wildman–Crippen MR) is 73.7 cm³/mol. The van der Waals surface area contributed by atoms with E-state index < -0.39 is 0 Å². The molecule has 2 amide bonds. The van der Waals surface area contributed by atoms with E-state index >= 15 is 0 Å². The van der Waals surface area contributed by atoms with E-state index in [1.807, 2.05) is 9.80 Å². The van der Waals surface area contributed by atoms with Gasteiger partial charge in [0, 0.05) is 39.3 Å². The average molecular weight is 267 g/mol. The van der Waals surface area contributed by atoms with Gasteiger partial charge in [0.1, 0.15) is 6.42 Å². The van der Waals surface area contributed by atoms with Gasteiger partial charge in [0.25, 0.3) is 0 Å². The normalized spacial score (nSPS) is 25.5. The third-order valence-electron chi connectivity index (χ3n) is 4.17. The van der Waals surface area contributed by atoms with Crippen molar-refractivity contribution in [3.63, 3.8) is 0 Å². The van der Waals surface area contributed by atoms with Gasteiger partial charge in [0.15, 0.2) is 0 Å². The van der Waals surface area contributed by atoms with Gasteiger partial charge in [-0.05, 0) is 25.8 Å². The highest BCUT2D eigenvalue weighted by Crippen LogP contribution is 2.16. The number of rotatable bonds is 2. The second-order valence-electron chi connectivity index (χ2n) is 5.95. The molecule has 0 aromatic carbocycles. The molecule has 0 N–H and O–H groups in total. The van der Waals surface area contributed by atoms with Crippen LogP contribution in [-0.4, -0.2) is 72.8 Å². The monoisotopic (exact) mass is 267 g/mol. The van der Waals surface area contributed by atoms with Crippen LogP contribution in [0, 0.1) is 5.92 Å². The highest BCUT2D eigenvalue weighted by atomic mass is 16.2. The molecule has 2 heterocycles. The van der Waals surface area contributed by atoms with Gasteiger partial charge in [-0.3, -0.25) is 9.59 Å². The van der Waals surface area contributed by atoms with Crippen molar-refractivity contribution in [1.82, 2.24) is 14.7 Å². The number of carbonyl (C=O) groups excluding carboxylic acids is 2. The maximum atomic E-state index is 12.1.